The lowest BCUT2D eigenvalue weighted by Crippen LogP contribution is -2.30. The number of aliphatic carboxylic acids is 1. The van der Waals surface area contributed by atoms with Crippen molar-refractivity contribution in [3.8, 4) is 11.1 Å². The second kappa shape index (κ2) is 9.50. The number of carboxylic acids is 1. The normalized spacial score (nSPS) is 16.6. The molecule has 2 aliphatic rings. The summed E-state index contributed by atoms with van der Waals surface area (Å²) in [7, 11) is 0. The van der Waals surface area contributed by atoms with Crippen molar-refractivity contribution in [2.24, 2.45) is 5.92 Å². The number of aromatic nitrogens is 1. The summed E-state index contributed by atoms with van der Waals surface area (Å²) in [5, 5.41) is 12.5. The first-order valence-corrected chi connectivity index (χ1v) is 12.3. The summed E-state index contributed by atoms with van der Waals surface area (Å²) in [6.45, 7) is 2.76. The van der Waals surface area contributed by atoms with E-state index >= 15 is 0 Å². The molecule has 35 heavy (non-hydrogen) atoms. The molecule has 2 heterocycles. The Kier molecular flexibility index (Phi) is 6.25. The van der Waals surface area contributed by atoms with Gasteiger partial charge in [0.15, 0.2) is 0 Å². The first-order valence-electron chi connectivity index (χ1n) is 11.5. The minimum absolute atomic E-state index is 0.0189. The molecule has 8 nitrogen and oxygen atoms in total. The Morgan fingerprint density at radius 3 is 2.40 bits per heavy atom. The van der Waals surface area contributed by atoms with Crippen LogP contribution in [0.25, 0.3) is 11.1 Å². The average molecular weight is 492 g/mol. The molecule has 3 aromatic rings. The van der Waals surface area contributed by atoms with Crippen molar-refractivity contribution in [3.63, 3.8) is 0 Å². The van der Waals surface area contributed by atoms with E-state index in [-0.39, 0.29) is 31.5 Å². The van der Waals surface area contributed by atoms with Gasteiger partial charge in [-0.2, -0.15) is 0 Å². The van der Waals surface area contributed by atoms with E-state index < -0.39 is 18.0 Å². The van der Waals surface area contributed by atoms with Gasteiger partial charge in [0.05, 0.1) is 12.5 Å². The van der Waals surface area contributed by atoms with Crippen LogP contribution in [0.2, 0.25) is 0 Å². The minimum atomic E-state index is -0.886. The lowest BCUT2D eigenvalue weighted by molar-refractivity contribution is -0.141. The predicted octanol–water partition coefficient (Wildman–Crippen LogP) is 4.04. The first kappa shape index (κ1) is 23.0. The molecule has 1 aromatic heterocycles. The van der Waals surface area contributed by atoms with Crippen LogP contribution in [0.5, 0.6) is 0 Å². The highest BCUT2D eigenvalue weighted by atomic mass is 32.1. The minimum Gasteiger partial charge on any atom is -0.481 e. The summed E-state index contributed by atoms with van der Waals surface area (Å²) >= 11 is 1.33. The number of likely N-dealkylation sites (tertiary alicyclic amines) is 1. The van der Waals surface area contributed by atoms with Crippen LogP contribution in [0.1, 0.15) is 43.8 Å². The number of nitrogens with one attached hydrogen (secondary N) is 1. The Morgan fingerprint density at radius 1 is 1.11 bits per heavy atom. The molecular formula is C26H25N3O5S. The molecule has 0 radical (unpaired) electrons. The molecule has 1 atom stereocenters. The molecule has 1 aliphatic heterocycles. The van der Waals surface area contributed by atoms with Crippen molar-refractivity contribution in [2.75, 3.05) is 19.7 Å². The van der Waals surface area contributed by atoms with Crippen LogP contribution in [-0.4, -0.2) is 52.7 Å². The Hall–Kier alpha value is -3.72. The third-order valence-electron chi connectivity index (χ3n) is 6.60. The molecule has 2 amide bonds. The fourth-order valence-corrected chi connectivity index (χ4v) is 5.68. The Balaban J connectivity index is 1.18. The maximum Gasteiger partial charge on any atom is 0.407 e. The summed E-state index contributed by atoms with van der Waals surface area (Å²) < 4.78 is 5.56. The molecule has 1 fully saturated rings. The van der Waals surface area contributed by atoms with Gasteiger partial charge >= 0.3 is 12.1 Å². The molecule has 1 saturated heterocycles. The zero-order chi connectivity index (χ0) is 24.5. The molecular weight excluding hydrogens is 466 g/mol. The van der Waals surface area contributed by atoms with Gasteiger partial charge in [0, 0.05) is 23.9 Å². The zero-order valence-corrected chi connectivity index (χ0v) is 20.0. The van der Waals surface area contributed by atoms with Gasteiger partial charge in [-0.1, -0.05) is 48.5 Å². The lowest BCUT2D eigenvalue weighted by atomic mass is 9.98. The van der Waals surface area contributed by atoms with Crippen LogP contribution in [-0.2, 0) is 16.1 Å². The van der Waals surface area contributed by atoms with Crippen LogP contribution in [0.4, 0.5) is 4.79 Å². The molecule has 1 unspecified atom stereocenters. The Morgan fingerprint density at radius 2 is 1.77 bits per heavy atom. The number of ether oxygens (including phenoxy) is 1. The molecule has 1 aliphatic carbocycles. The van der Waals surface area contributed by atoms with Crippen molar-refractivity contribution in [3.05, 3.63) is 75.2 Å². The number of amides is 2. The molecule has 0 bridgehead atoms. The fraction of sp³-hybridized carbons (Fsp3) is 0.308. The monoisotopic (exact) mass is 491 g/mol. The van der Waals surface area contributed by atoms with Crippen molar-refractivity contribution in [1.82, 2.24) is 15.2 Å². The third-order valence-corrected chi connectivity index (χ3v) is 7.57. The molecule has 0 saturated carbocycles. The number of carbonyl (C=O) groups is 3. The van der Waals surface area contributed by atoms with Gasteiger partial charge in [-0.3, -0.25) is 9.59 Å². The number of aryl methyl sites for hydroxylation is 1. The standard InChI is InChI=1S/C26H25N3O5S/c1-15-23(24(30)29-11-10-16(13-29)25(31)32)28-22(35-15)12-27-26(33)34-14-21-19-8-4-2-6-17(19)18-7-3-5-9-20(18)21/h2-9,16,21H,10-14H2,1H3,(H,27,33)(H,31,32). The molecule has 5 rings (SSSR count). The van der Waals surface area contributed by atoms with E-state index in [1.54, 1.807) is 6.92 Å². The molecule has 0 spiro atoms. The van der Waals surface area contributed by atoms with Gasteiger partial charge in [0.2, 0.25) is 0 Å². The van der Waals surface area contributed by atoms with Crippen molar-refractivity contribution in [1.29, 1.82) is 0 Å². The van der Waals surface area contributed by atoms with E-state index in [1.165, 1.54) is 27.4 Å². The van der Waals surface area contributed by atoms with Crippen molar-refractivity contribution >= 4 is 29.3 Å². The summed E-state index contributed by atoms with van der Waals surface area (Å²) in [5.41, 5.74) is 4.94. The summed E-state index contributed by atoms with van der Waals surface area (Å²) in [4.78, 5) is 43.1. The lowest BCUT2D eigenvalue weighted by Gasteiger charge is -2.14. The molecule has 180 valence electrons. The smallest absolute Gasteiger partial charge is 0.407 e. The van der Waals surface area contributed by atoms with Gasteiger partial charge < -0.3 is 20.1 Å². The number of hydrogen-bond acceptors (Lipinski definition) is 6. The van der Waals surface area contributed by atoms with E-state index in [2.05, 4.69) is 34.6 Å². The number of fused-ring (bicyclic) bond motifs is 3. The number of rotatable bonds is 6. The third kappa shape index (κ3) is 4.51. The fourth-order valence-electron chi connectivity index (χ4n) is 4.82. The second-order valence-electron chi connectivity index (χ2n) is 8.77. The largest absolute Gasteiger partial charge is 0.481 e. The van der Waals surface area contributed by atoms with E-state index in [0.717, 1.165) is 16.0 Å². The number of carbonyl (C=O) groups excluding carboxylic acids is 2. The maximum absolute atomic E-state index is 12.8. The topological polar surface area (TPSA) is 109 Å². The van der Waals surface area contributed by atoms with Gasteiger partial charge in [0.25, 0.3) is 5.91 Å². The number of thiazole rings is 1. The number of hydrogen-bond donors (Lipinski definition) is 2. The van der Waals surface area contributed by atoms with Gasteiger partial charge in [0.1, 0.15) is 17.3 Å². The maximum atomic E-state index is 12.8. The first-order chi connectivity index (χ1) is 16.9. The summed E-state index contributed by atoms with van der Waals surface area (Å²) in [5.74, 6) is -1.71. The van der Waals surface area contributed by atoms with Crippen LogP contribution in [0.15, 0.2) is 48.5 Å². The van der Waals surface area contributed by atoms with Crippen LogP contribution in [0.3, 0.4) is 0 Å². The highest BCUT2D eigenvalue weighted by molar-refractivity contribution is 7.11. The van der Waals surface area contributed by atoms with Crippen LogP contribution >= 0.6 is 11.3 Å². The number of carboxylic acid groups (broad SMARTS) is 1. The Labute approximate surface area is 206 Å². The van der Waals surface area contributed by atoms with E-state index in [1.807, 2.05) is 24.3 Å². The zero-order valence-electron chi connectivity index (χ0n) is 19.2. The van der Waals surface area contributed by atoms with Gasteiger partial charge in [-0.15, -0.1) is 11.3 Å². The van der Waals surface area contributed by atoms with Crippen molar-refractivity contribution < 1.29 is 24.2 Å². The number of alkyl carbamates (subject to hydrolysis) is 1. The quantitative estimate of drug-likeness (QED) is 0.539. The van der Waals surface area contributed by atoms with Gasteiger partial charge in [-0.05, 0) is 35.6 Å². The Bertz CT molecular complexity index is 1260. The second-order valence-corrected chi connectivity index (χ2v) is 10.1. The average Bonchev–Trinajstić information content (AvgIpc) is 3.57. The SMILES string of the molecule is Cc1sc(CNC(=O)OCC2c3ccccc3-c3ccccc32)nc1C(=O)N1CCC(C(=O)O)C1. The molecule has 9 heteroatoms. The van der Waals surface area contributed by atoms with E-state index in [4.69, 9.17) is 4.74 Å². The van der Waals surface area contributed by atoms with E-state index in [0.29, 0.717) is 23.7 Å². The van der Waals surface area contributed by atoms with Gasteiger partial charge in [-0.25, -0.2) is 9.78 Å². The van der Waals surface area contributed by atoms with Crippen LogP contribution in [0, 0.1) is 12.8 Å². The number of nitrogens with zero attached hydrogens (tertiary/aromatic N) is 2. The predicted molar refractivity (Wildman–Crippen MR) is 130 cm³/mol. The number of benzene rings is 2. The van der Waals surface area contributed by atoms with E-state index in [9.17, 15) is 19.5 Å². The van der Waals surface area contributed by atoms with Crippen LogP contribution < -0.4 is 5.32 Å². The highest BCUT2D eigenvalue weighted by Crippen LogP contribution is 2.44. The molecule has 2 N–H and O–H groups in total. The highest BCUT2D eigenvalue weighted by Gasteiger charge is 2.33. The molecule has 2 aromatic carbocycles. The summed E-state index contributed by atoms with van der Waals surface area (Å²) in [6, 6.07) is 16.3. The van der Waals surface area contributed by atoms with Crippen molar-refractivity contribution in [2.45, 2.75) is 25.8 Å². The summed E-state index contributed by atoms with van der Waals surface area (Å²) in [6.07, 6.45) is -0.100.